The van der Waals surface area contributed by atoms with Crippen molar-refractivity contribution >= 4 is 23.5 Å². The zero-order chi connectivity index (χ0) is 21.7. The minimum absolute atomic E-state index is 0.00791. The summed E-state index contributed by atoms with van der Waals surface area (Å²) >= 11 is 0. The van der Waals surface area contributed by atoms with Crippen molar-refractivity contribution in [2.75, 3.05) is 18.9 Å². The highest BCUT2D eigenvalue weighted by molar-refractivity contribution is 5.96. The van der Waals surface area contributed by atoms with Crippen molar-refractivity contribution in [3.63, 3.8) is 0 Å². The Morgan fingerprint density at radius 1 is 1.10 bits per heavy atom. The molecule has 0 unspecified atom stereocenters. The van der Waals surface area contributed by atoms with Gasteiger partial charge >= 0.3 is 0 Å². The summed E-state index contributed by atoms with van der Waals surface area (Å²) in [5.74, 6) is -0.0639. The van der Waals surface area contributed by atoms with E-state index in [2.05, 4.69) is 15.3 Å². The molecular weight excluding hydrogens is 378 g/mol. The van der Waals surface area contributed by atoms with Gasteiger partial charge in [-0.05, 0) is 55.3 Å². The Morgan fingerprint density at radius 3 is 2.50 bits per heavy atom. The minimum atomic E-state index is -0.471. The second-order valence-electron chi connectivity index (χ2n) is 7.04. The molecule has 0 saturated heterocycles. The Balaban J connectivity index is 1.80. The van der Waals surface area contributed by atoms with Gasteiger partial charge < -0.3 is 16.0 Å². The van der Waals surface area contributed by atoms with Gasteiger partial charge in [-0.15, -0.1) is 0 Å². The molecule has 3 N–H and O–H groups in total. The highest BCUT2D eigenvalue weighted by Crippen LogP contribution is 2.25. The lowest BCUT2D eigenvalue weighted by Crippen LogP contribution is -2.27. The number of hydrogen-bond donors (Lipinski definition) is 2. The van der Waals surface area contributed by atoms with Crippen LogP contribution in [0.4, 0.5) is 11.6 Å². The summed E-state index contributed by atoms with van der Waals surface area (Å²) in [5, 5.41) is 3.15. The predicted molar refractivity (Wildman–Crippen MR) is 118 cm³/mol. The first kappa shape index (κ1) is 21.0. The third-order valence-corrected chi connectivity index (χ3v) is 4.82. The van der Waals surface area contributed by atoms with Gasteiger partial charge in [0.25, 0.3) is 5.91 Å². The largest absolute Gasteiger partial charge is 0.366 e. The number of primary amides is 1. The first-order valence-electron chi connectivity index (χ1n) is 9.76. The van der Waals surface area contributed by atoms with Crippen LogP contribution in [0, 0.1) is 6.92 Å². The third-order valence-electron chi connectivity index (χ3n) is 4.82. The van der Waals surface area contributed by atoms with Crippen LogP contribution in [-0.2, 0) is 0 Å². The highest BCUT2D eigenvalue weighted by Gasteiger charge is 2.13. The minimum Gasteiger partial charge on any atom is -0.366 e. The van der Waals surface area contributed by atoms with Crippen LogP contribution in [-0.4, -0.2) is 40.3 Å². The molecule has 0 spiro atoms. The molecule has 0 fully saturated rings. The molecule has 0 aliphatic rings. The van der Waals surface area contributed by atoms with Crippen molar-refractivity contribution in [3.05, 3.63) is 71.4 Å². The highest BCUT2D eigenvalue weighted by atomic mass is 16.2. The fraction of sp³-hybridized carbons (Fsp3) is 0.217. The molecule has 0 atom stereocenters. The average molecular weight is 403 g/mol. The molecule has 3 rings (SSSR count). The number of rotatable bonds is 7. The molecule has 1 aromatic heterocycles. The number of nitrogens with two attached hydrogens (primary N) is 1. The Morgan fingerprint density at radius 2 is 1.83 bits per heavy atom. The van der Waals surface area contributed by atoms with Gasteiger partial charge in [-0.3, -0.25) is 9.59 Å². The van der Waals surface area contributed by atoms with Crippen molar-refractivity contribution in [1.29, 1.82) is 0 Å². The van der Waals surface area contributed by atoms with E-state index in [0.29, 0.717) is 22.8 Å². The third kappa shape index (κ3) is 4.63. The van der Waals surface area contributed by atoms with Crippen LogP contribution in [0.15, 0.2) is 54.7 Å². The maximum atomic E-state index is 12.4. The van der Waals surface area contributed by atoms with Gasteiger partial charge in [0, 0.05) is 42.2 Å². The molecule has 7 nitrogen and oxygen atoms in total. The fourth-order valence-corrected chi connectivity index (χ4v) is 3.23. The van der Waals surface area contributed by atoms with Crippen molar-refractivity contribution in [2.24, 2.45) is 5.73 Å². The molecule has 7 heteroatoms. The summed E-state index contributed by atoms with van der Waals surface area (Å²) in [4.78, 5) is 34.5. The van der Waals surface area contributed by atoms with E-state index in [1.165, 1.54) is 0 Å². The molecule has 2 aromatic carbocycles. The number of aromatic nitrogens is 2. The van der Waals surface area contributed by atoms with Gasteiger partial charge in [-0.1, -0.05) is 19.1 Å². The van der Waals surface area contributed by atoms with Gasteiger partial charge in [0.2, 0.25) is 11.9 Å². The van der Waals surface area contributed by atoms with E-state index in [-0.39, 0.29) is 5.91 Å². The van der Waals surface area contributed by atoms with Crippen molar-refractivity contribution in [3.8, 4) is 11.3 Å². The summed E-state index contributed by atoms with van der Waals surface area (Å²) in [6.45, 7) is 4.60. The molecule has 0 aliphatic carbocycles. The van der Waals surface area contributed by atoms with Crippen LogP contribution < -0.4 is 11.1 Å². The second-order valence-corrected chi connectivity index (χ2v) is 7.04. The molecule has 3 aromatic rings. The zero-order valence-corrected chi connectivity index (χ0v) is 17.3. The first-order valence-corrected chi connectivity index (χ1v) is 9.76. The standard InChI is InChI=1S/C23H25N5O2/c1-4-14-28(3)22(30)16-8-10-17(11-9-16)26-23-25-13-12-20(27-23)18-6-5-7-19(15(18)2)21(24)29/h5-13H,4,14H2,1-3H3,(H2,24,29)(H,25,26,27). The quantitative estimate of drug-likeness (QED) is 0.625. The Hall–Kier alpha value is -3.74. The van der Waals surface area contributed by atoms with E-state index < -0.39 is 5.91 Å². The van der Waals surface area contributed by atoms with Crippen molar-refractivity contribution < 1.29 is 9.59 Å². The predicted octanol–water partition coefficient (Wildman–Crippen LogP) is 3.78. The summed E-state index contributed by atoms with van der Waals surface area (Å²) in [5.41, 5.74) is 9.59. The molecule has 0 radical (unpaired) electrons. The van der Waals surface area contributed by atoms with E-state index in [1.807, 2.05) is 32.0 Å². The van der Waals surface area contributed by atoms with E-state index >= 15 is 0 Å². The summed E-state index contributed by atoms with van der Waals surface area (Å²) < 4.78 is 0. The Labute approximate surface area is 176 Å². The lowest BCUT2D eigenvalue weighted by atomic mass is 9.99. The van der Waals surface area contributed by atoms with E-state index in [0.717, 1.165) is 29.8 Å². The van der Waals surface area contributed by atoms with Crippen molar-refractivity contribution in [1.82, 2.24) is 14.9 Å². The first-order chi connectivity index (χ1) is 14.4. The fourth-order valence-electron chi connectivity index (χ4n) is 3.23. The van der Waals surface area contributed by atoms with Crippen LogP contribution in [0.25, 0.3) is 11.3 Å². The van der Waals surface area contributed by atoms with Crippen LogP contribution in [0.5, 0.6) is 0 Å². The zero-order valence-electron chi connectivity index (χ0n) is 17.3. The monoisotopic (exact) mass is 403 g/mol. The molecule has 0 aliphatic heterocycles. The van der Waals surface area contributed by atoms with Gasteiger partial charge in [0.15, 0.2) is 0 Å². The topological polar surface area (TPSA) is 101 Å². The normalized spacial score (nSPS) is 10.5. The van der Waals surface area contributed by atoms with E-state index in [9.17, 15) is 9.59 Å². The molecule has 154 valence electrons. The lowest BCUT2D eigenvalue weighted by Gasteiger charge is -2.16. The van der Waals surface area contributed by atoms with Crippen LogP contribution in [0.2, 0.25) is 0 Å². The molecule has 0 bridgehead atoms. The van der Waals surface area contributed by atoms with E-state index in [1.54, 1.807) is 48.5 Å². The summed E-state index contributed by atoms with van der Waals surface area (Å²) in [7, 11) is 1.80. The molecule has 30 heavy (non-hydrogen) atoms. The number of hydrogen-bond acceptors (Lipinski definition) is 5. The SMILES string of the molecule is CCCN(C)C(=O)c1ccc(Nc2nccc(-c3cccc(C(N)=O)c3C)n2)cc1. The number of amides is 2. The maximum Gasteiger partial charge on any atom is 0.253 e. The lowest BCUT2D eigenvalue weighted by molar-refractivity contribution is 0.0795. The maximum absolute atomic E-state index is 12.4. The van der Waals surface area contributed by atoms with Gasteiger partial charge in [-0.25, -0.2) is 9.97 Å². The van der Waals surface area contributed by atoms with Gasteiger partial charge in [0.05, 0.1) is 5.69 Å². The number of nitrogens with zero attached hydrogens (tertiary/aromatic N) is 3. The Bertz CT molecular complexity index is 1060. The average Bonchev–Trinajstić information content (AvgIpc) is 2.74. The van der Waals surface area contributed by atoms with E-state index in [4.69, 9.17) is 5.73 Å². The smallest absolute Gasteiger partial charge is 0.253 e. The number of anilines is 2. The number of carbonyl (C=O) groups is 2. The van der Waals surface area contributed by atoms with Crippen LogP contribution in [0.3, 0.4) is 0 Å². The summed E-state index contributed by atoms with van der Waals surface area (Å²) in [6.07, 6.45) is 2.57. The number of carbonyl (C=O) groups excluding carboxylic acids is 2. The van der Waals surface area contributed by atoms with Crippen molar-refractivity contribution in [2.45, 2.75) is 20.3 Å². The van der Waals surface area contributed by atoms with Gasteiger partial charge in [0.1, 0.15) is 0 Å². The van der Waals surface area contributed by atoms with Crippen LogP contribution >= 0.6 is 0 Å². The van der Waals surface area contributed by atoms with Gasteiger partial charge in [-0.2, -0.15) is 0 Å². The molecule has 2 amide bonds. The Kier molecular flexibility index (Phi) is 6.41. The number of nitrogens with one attached hydrogen (secondary N) is 1. The molecule has 1 heterocycles. The molecular formula is C23H25N5O2. The molecule has 0 saturated carbocycles. The summed E-state index contributed by atoms with van der Waals surface area (Å²) in [6, 6.07) is 14.3. The second kappa shape index (κ2) is 9.17. The van der Waals surface area contributed by atoms with Crippen LogP contribution in [0.1, 0.15) is 39.6 Å². The number of benzene rings is 2.